The molecule has 2 aromatic carbocycles. The maximum absolute atomic E-state index is 12.0. The molecule has 1 aliphatic rings. The van der Waals surface area contributed by atoms with E-state index in [2.05, 4.69) is 5.32 Å². The summed E-state index contributed by atoms with van der Waals surface area (Å²) >= 11 is 5.97. The lowest BCUT2D eigenvalue weighted by Gasteiger charge is -2.09. The summed E-state index contributed by atoms with van der Waals surface area (Å²) in [5, 5.41) is 3.62. The summed E-state index contributed by atoms with van der Waals surface area (Å²) in [6, 6.07) is 15.5. The van der Waals surface area contributed by atoms with Crippen molar-refractivity contribution in [3.05, 3.63) is 64.7 Å². The lowest BCUT2D eigenvalue weighted by molar-refractivity contribution is -0.117. The Labute approximate surface area is 111 Å². The molecule has 0 fully saturated rings. The number of nitrogens with one attached hydrogen (secondary N) is 1. The number of hydrogen-bond donors (Lipinski definition) is 1. The Bertz CT molecular complexity index is 609. The van der Waals surface area contributed by atoms with Crippen LogP contribution in [0.3, 0.4) is 0 Å². The minimum absolute atomic E-state index is 0.0659. The van der Waals surface area contributed by atoms with Crippen LogP contribution in [0.5, 0.6) is 0 Å². The highest BCUT2D eigenvalue weighted by Crippen LogP contribution is 2.34. The Kier molecular flexibility index (Phi) is 2.80. The van der Waals surface area contributed by atoms with Gasteiger partial charge in [0.2, 0.25) is 5.91 Å². The number of para-hydroxylation sites is 1. The normalized spacial score (nSPS) is 17.4. The van der Waals surface area contributed by atoms with Crippen LogP contribution in [0.25, 0.3) is 0 Å². The van der Waals surface area contributed by atoms with Gasteiger partial charge in [-0.15, -0.1) is 0 Å². The molecular weight excluding hydrogens is 246 g/mol. The number of amides is 1. The summed E-state index contributed by atoms with van der Waals surface area (Å²) in [5.41, 5.74) is 3.08. The van der Waals surface area contributed by atoms with Crippen LogP contribution in [0.2, 0.25) is 5.02 Å². The third-order valence-corrected chi connectivity index (χ3v) is 3.47. The zero-order valence-corrected chi connectivity index (χ0v) is 10.4. The molecule has 0 bridgehead atoms. The van der Waals surface area contributed by atoms with Crippen LogP contribution >= 0.6 is 11.6 Å². The highest BCUT2D eigenvalue weighted by atomic mass is 35.5. The fraction of sp³-hybridized carbons (Fsp3) is 0.133. The van der Waals surface area contributed by atoms with Gasteiger partial charge in [0, 0.05) is 10.7 Å². The first-order valence-electron chi connectivity index (χ1n) is 5.88. The summed E-state index contributed by atoms with van der Waals surface area (Å²) in [7, 11) is 0. The molecule has 3 rings (SSSR count). The standard InChI is InChI=1S/C15H12ClNO/c16-11-5-3-4-10(8-11)9-13-12-6-1-2-7-14(12)17-15(13)18/h1-8,13H,9H2,(H,17,18). The Balaban J connectivity index is 1.91. The molecule has 0 radical (unpaired) electrons. The number of carbonyl (C=O) groups excluding carboxylic acids is 1. The zero-order valence-electron chi connectivity index (χ0n) is 9.69. The molecule has 1 amide bonds. The van der Waals surface area contributed by atoms with Crippen molar-refractivity contribution in [3.63, 3.8) is 0 Å². The molecule has 1 atom stereocenters. The van der Waals surface area contributed by atoms with Gasteiger partial charge in [-0.05, 0) is 35.7 Å². The Morgan fingerprint density at radius 2 is 1.94 bits per heavy atom. The van der Waals surface area contributed by atoms with E-state index in [4.69, 9.17) is 11.6 Å². The summed E-state index contributed by atoms with van der Waals surface area (Å²) < 4.78 is 0. The molecule has 1 N–H and O–H groups in total. The minimum atomic E-state index is -0.111. The predicted octanol–water partition coefficient (Wildman–Crippen LogP) is 3.62. The molecule has 0 saturated heterocycles. The van der Waals surface area contributed by atoms with Crippen molar-refractivity contribution in [2.75, 3.05) is 5.32 Å². The molecule has 1 aliphatic heterocycles. The van der Waals surface area contributed by atoms with Crippen molar-refractivity contribution in [1.82, 2.24) is 0 Å². The maximum atomic E-state index is 12.0. The van der Waals surface area contributed by atoms with Gasteiger partial charge in [0.15, 0.2) is 0 Å². The van der Waals surface area contributed by atoms with E-state index in [1.807, 2.05) is 48.5 Å². The van der Waals surface area contributed by atoms with Gasteiger partial charge in [-0.2, -0.15) is 0 Å². The average Bonchev–Trinajstić information content (AvgIpc) is 2.66. The molecule has 2 aromatic rings. The molecule has 1 unspecified atom stereocenters. The van der Waals surface area contributed by atoms with Gasteiger partial charge in [0.25, 0.3) is 0 Å². The molecule has 0 spiro atoms. The van der Waals surface area contributed by atoms with Crippen molar-refractivity contribution >= 4 is 23.2 Å². The van der Waals surface area contributed by atoms with Gasteiger partial charge in [-0.3, -0.25) is 4.79 Å². The lowest BCUT2D eigenvalue weighted by Crippen LogP contribution is -2.14. The number of benzene rings is 2. The third-order valence-electron chi connectivity index (χ3n) is 3.24. The van der Waals surface area contributed by atoms with E-state index >= 15 is 0 Å². The number of rotatable bonds is 2. The van der Waals surface area contributed by atoms with Crippen LogP contribution in [-0.2, 0) is 11.2 Å². The van der Waals surface area contributed by atoms with Crippen LogP contribution in [0.4, 0.5) is 5.69 Å². The molecule has 18 heavy (non-hydrogen) atoms. The van der Waals surface area contributed by atoms with E-state index in [1.54, 1.807) is 0 Å². The third kappa shape index (κ3) is 2.00. The van der Waals surface area contributed by atoms with E-state index in [0.29, 0.717) is 11.4 Å². The number of carbonyl (C=O) groups is 1. The fourth-order valence-corrected chi connectivity index (χ4v) is 2.59. The SMILES string of the molecule is O=C1Nc2ccccc2C1Cc1cccc(Cl)c1. The van der Waals surface area contributed by atoms with Crippen molar-refractivity contribution in [3.8, 4) is 0 Å². The van der Waals surface area contributed by atoms with Crippen molar-refractivity contribution in [2.45, 2.75) is 12.3 Å². The van der Waals surface area contributed by atoms with Crippen molar-refractivity contribution in [1.29, 1.82) is 0 Å². The van der Waals surface area contributed by atoms with E-state index < -0.39 is 0 Å². The smallest absolute Gasteiger partial charge is 0.232 e. The van der Waals surface area contributed by atoms with Gasteiger partial charge < -0.3 is 5.32 Å². The summed E-state index contributed by atoms with van der Waals surface area (Å²) in [6.07, 6.45) is 0.684. The largest absolute Gasteiger partial charge is 0.325 e. The summed E-state index contributed by atoms with van der Waals surface area (Å²) in [6.45, 7) is 0. The Hall–Kier alpha value is -1.80. The van der Waals surface area contributed by atoms with Crippen LogP contribution in [0, 0.1) is 0 Å². The lowest BCUT2D eigenvalue weighted by atomic mass is 9.93. The minimum Gasteiger partial charge on any atom is -0.325 e. The number of anilines is 1. The summed E-state index contributed by atoms with van der Waals surface area (Å²) in [5.74, 6) is -0.0455. The molecule has 0 aliphatic carbocycles. The predicted molar refractivity (Wildman–Crippen MR) is 73.0 cm³/mol. The molecule has 2 nitrogen and oxygen atoms in total. The van der Waals surface area contributed by atoms with Gasteiger partial charge in [-0.25, -0.2) is 0 Å². The first-order valence-corrected chi connectivity index (χ1v) is 6.26. The molecule has 1 heterocycles. The van der Waals surface area contributed by atoms with Gasteiger partial charge in [0.1, 0.15) is 0 Å². The fourth-order valence-electron chi connectivity index (χ4n) is 2.38. The van der Waals surface area contributed by atoms with Gasteiger partial charge in [0.05, 0.1) is 5.92 Å². The second kappa shape index (κ2) is 4.46. The van der Waals surface area contributed by atoms with E-state index in [1.165, 1.54) is 0 Å². The molecule has 90 valence electrons. The van der Waals surface area contributed by atoms with Crippen LogP contribution in [0.15, 0.2) is 48.5 Å². The van der Waals surface area contributed by atoms with Crippen LogP contribution in [0.1, 0.15) is 17.0 Å². The molecule has 0 saturated carbocycles. The quantitative estimate of drug-likeness (QED) is 0.875. The molecule has 0 aromatic heterocycles. The van der Waals surface area contributed by atoms with Crippen molar-refractivity contribution in [2.24, 2.45) is 0 Å². The second-order valence-corrected chi connectivity index (χ2v) is 4.90. The average molecular weight is 258 g/mol. The van der Waals surface area contributed by atoms with E-state index in [0.717, 1.165) is 16.8 Å². The van der Waals surface area contributed by atoms with Gasteiger partial charge >= 0.3 is 0 Å². The van der Waals surface area contributed by atoms with Crippen molar-refractivity contribution < 1.29 is 4.79 Å². The topological polar surface area (TPSA) is 29.1 Å². The number of hydrogen-bond acceptors (Lipinski definition) is 1. The Morgan fingerprint density at radius 3 is 2.78 bits per heavy atom. The maximum Gasteiger partial charge on any atom is 0.232 e. The molecule has 3 heteroatoms. The summed E-state index contributed by atoms with van der Waals surface area (Å²) in [4.78, 5) is 12.0. The zero-order chi connectivity index (χ0) is 12.5. The second-order valence-electron chi connectivity index (χ2n) is 4.46. The van der Waals surface area contributed by atoms with E-state index in [-0.39, 0.29) is 11.8 Å². The van der Waals surface area contributed by atoms with E-state index in [9.17, 15) is 4.79 Å². The number of halogens is 1. The first kappa shape index (κ1) is 11.3. The van der Waals surface area contributed by atoms with Crippen LogP contribution < -0.4 is 5.32 Å². The number of fused-ring (bicyclic) bond motifs is 1. The van der Waals surface area contributed by atoms with Gasteiger partial charge in [-0.1, -0.05) is 41.9 Å². The highest BCUT2D eigenvalue weighted by molar-refractivity contribution is 6.30. The highest BCUT2D eigenvalue weighted by Gasteiger charge is 2.29. The van der Waals surface area contributed by atoms with Crippen LogP contribution in [-0.4, -0.2) is 5.91 Å². The first-order chi connectivity index (χ1) is 8.74. The monoisotopic (exact) mass is 257 g/mol. The Morgan fingerprint density at radius 1 is 1.11 bits per heavy atom. The molecular formula is C15H12ClNO.